The molecule has 0 unspecified atom stereocenters. The molecule has 0 aliphatic rings. The SMILES string of the molecule is COc1cc(OCC(=O)N(C)CCCc2ccc(-c3ccccc3)c(NC(=O)O)c2)c(Cl)cc1CNC[C@H](O)c1ccc(O)c2[nH]c(=O)ccc12. The molecule has 1 atom stereocenters. The van der Waals surface area contributed by atoms with Crippen LogP contribution in [0.25, 0.3) is 22.0 Å². The standard InChI is InChI=1S/C38H39ClN4O8/c1-43(16-6-7-23-10-11-26(24-8-4-3-5-9-24)30(17-23)41-38(48)49)36(47)22-51-34-19-33(50-2)25(18-29(34)39)20-40-21-32(45)27-12-14-31(44)37-28(27)13-15-35(46)42-37/h3-5,8-15,17-19,32,40-41,44-45H,6-7,16,20-22H2,1-2H3,(H,42,46)(H,48,49)/t32-/m0/s1. The summed E-state index contributed by atoms with van der Waals surface area (Å²) in [5, 5.41) is 36.8. The number of pyridine rings is 1. The second-order valence-corrected chi connectivity index (χ2v) is 12.3. The van der Waals surface area contributed by atoms with Gasteiger partial charge in [-0.05, 0) is 53.8 Å². The monoisotopic (exact) mass is 714 g/mol. The average molecular weight is 715 g/mol. The highest BCUT2D eigenvalue weighted by atomic mass is 35.5. The summed E-state index contributed by atoms with van der Waals surface area (Å²) < 4.78 is 11.3. The van der Waals surface area contributed by atoms with E-state index in [4.69, 9.17) is 21.1 Å². The minimum Gasteiger partial charge on any atom is -0.506 e. The molecule has 5 rings (SSSR count). The topological polar surface area (TPSA) is 173 Å². The van der Waals surface area contributed by atoms with Crippen LogP contribution in [0.5, 0.6) is 17.2 Å². The van der Waals surface area contributed by atoms with E-state index >= 15 is 0 Å². The van der Waals surface area contributed by atoms with E-state index in [1.165, 1.54) is 19.2 Å². The van der Waals surface area contributed by atoms with Gasteiger partial charge in [0.05, 0.1) is 29.4 Å². The molecule has 0 bridgehead atoms. The number of nitrogens with zero attached hydrogens (tertiary/aromatic N) is 1. The highest BCUT2D eigenvalue weighted by Crippen LogP contribution is 2.34. The Hall–Kier alpha value is -5.56. The minimum atomic E-state index is -1.14. The second-order valence-electron chi connectivity index (χ2n) is 11.9. The van der Waals surface area contributed by atoms with Crippen LogP contribution in [-0.4, -0.2) is 71.1 Å². The van der Waals surface area contributed by atoms with Crippen molar-refractivity contribution in [3.05, 3.63) is 117 Å². The number of anilines is 1. The van der Waals surface area contributed by atoms with Crippen LogP contribution in [0, 0.1) is 0 Å². The number of hydrogen-bond donors (Lipinski definition) is 6. The third kappa shape index (κ3) is 9.37. The molecule has 0 saturated heterocycles. The Balaban J connectivity index is 1.12. The smallest absolute Gasteiger partial charge is 0.409 e. The summed E-state index contributed by atoms with van der Waals surface area (Å²) in [6, 6.07) is 24.4. The van der Waals surface area contributed by atoms with E-state index in [1.807, 2.05) is 48.5 Å². The van der Waals surface area contributed by atoms with Gasteiger partial charge >= 0.3 is 6.09 Å². The third-order valence-corrected chi connectivity index (χ3v) is 8.70. The van der Waals surface area contributed by atoms with E-state index in [1.54, 1.807) is 36.2 Å². The van der Waals surface area contributed by atoms with Crippen molar-refractivity contribution in [3.8, 4) is 28.4 Å². The van der Waals surface area contributed by atoms with Crippen LogP contribution in [0.1, 0.15) is 29.2 Å². The summed E-state index contributed by atoms with van der Waals surface area (Å²) in [6.45, 7) is 0.652. The molecule has 4 aromatic carbocycles. The van der Waals surface area contributed by atoms with Crippen LogP contribution in [-0.2, 0) is 17.8 Å². The summed E-state index contributed by atoms with van der Waals surface area (Å²) in [6.07, 6.45) is -0.815. The number of rotatable bonds is 15. The van der Waals surface area contributed by atoms with Gasteiger partial charge in [-0.3, -0.25) is 14.9 Å². The molecule has 13 heteroatoms. The number of benzene rings is 4. The predicted octanol–water partition coefficient (Wildman–Crippen LogP) is 5.95. The Bertz CT molecular complexity index is 2070. The average Bonchev–Trinajstić information content (AvgIpc) is 3.11. The van der Waals surface area contributed by atoms with Gasteiger partial charge < -0.3 is 40.0 Å². The van der Waals surface area contributed by atoms with Gasteiger partial charge in [0, 0.05) is 55.3 Å². The van der Waals surface area contributed by atoms with Crippen molar-refractivity contribution in [1.29, 1.82) is 0 Å². The molecular formula is C38H39ClN4O8. The fourth-order valence-electron chi connectivity index (χ4n) is 5.75. The van der Waals surface area contributed by atoms with Gasteiger partial charge in [0.15, 0.2) is 6.61 Å². The van der Waals surface area contributed by atoms with Crippen LogP contribution in [0.2, 0.25) is 5.02 Å². The maximum atomic E-state index is 12.9. The molecule has 51 heavy (non-hydrogen) atoms. The Labute approximate surface area is 299 Å². The summed E-state index contributed by atoms with van der Waals surface area (Å²) in [5.41, 5.74) is 4.24. The molecule has 0 fully saturated rings. The Morgan fingerprint density at radius 1 is 1.00 bits per heavy atom. The van der Waals surface area contributed by atoms with Gasteiger partial charge in [0.2, 0.25) is 5.56 Å². The molecule has 0 spiro atoms. The van der Waals surface area contributed by atoms with E-state index < -0.39 is 12.2 Å². The quantitative estimate of drug-likeness (QED) is 0.0767. The number of hydrogen-bond acceptors (Lipinski definition) is 8. The first kappa shape index (κ1) is 36.7. The maximum absolute atomic E-state index is 12.9. The first-order valence-electron chi connectivity index (χ1n) is 16.2. The third-order valence-electron chi connectivity index (χ3n) is 8.40. The minimum absolute atomic E-state index is 0.0880. The van der Waals surface area contributed by atoms with E-state index in [-0.39, 0.29) is 53.2 Å². The van der Waals surface area contributed by atoms with E-state index in [0.717, 1.165) is 16.7 Å². The Morgan fingerprint density at radius 2 is 1.78 bits per heavy atom. The first-order chi connectivity index (χ1) is 24.5. The zero-order valence-corrected chi connectivity index (χ0v) is 28.9. The fourth-order valence-corrected chi connectivity index (χ4v) is 5.99. The lowest BCUT2D eigenvalue weighted by atomic mass is 9.99. The molecule has 12 nitrogen and oxygen atoms in total. The lowest BCUT2D eigenvalue weighted by Crippen LogP contribution is -2.32. The number of carbonyl (C=O) groups excluding carboxylic acids is 1. The number of carbonyl (C=O) groups is 2. The van der Waals surface area contributed by atoms with Gasteiger partial charge in [-0.15, -0.1) is 0 Å². The number of aromatic amines is 1. The van der Waals surface area contributed by atoms with Gasteiger partial charge in [-0.25, -0.2) is 4.79 Å². The normalized spacial score (nSPS) is 11.6. The number of aromatic nitrogens is 1. The molecular weight excluding hydrogens is 676 g/mol. The zero-order chi connectivity index (χ0) is 36.5. The van der Waals surface area contributed by atoms with Gasteiger partial charge in [-0.1, -0.05) is 60.1 Å². The van der Waals surface area contributed by atoms with Crippen molar-refractivity contribution in [2.45, 2.75) is 25.5 Å². The number of aryl methyl sites for hydroxylation is 1. The van der Waals surface area contributed by atoms with Crippen molar-refractivity contribution in [3.63, 3.8) is 0 Å². The number of fused-ring (bicyclic) bond motifs is 1. The highest BCUT2D eigenvalue weighted by molar-refractivity contribution is 6.32. The van der Waals surface area contributed by atoms with Crippen LogP contribution in [0.3, 0.4) is 0 Å². The van der Waals surface area contributed by atoms with E-state index in [9.17, 15) is 29.7 Å². The summed E-state index contributed by atoms with van der Waals surface area (Å²) in [7, 11) is 3.19. The van der Waals surface area contributed by atoms with Gasteiger partial charge in [0.25, 0.3) is 5.91 Å². The molecule has 5 aromatic rings. The van der Waals surface area contributed by atoms with Crippen molar-refractivity contribution in [2.75, 3.05) is 39.2 Å². The molecule has 6 N–H and O–H groups in total. The highest BCUT2D eigenvalue weighted by Gasteiger charge is 2.17. The number of likely N-dealkylation sites (N-methyl/N-ethyl adjacent to an activating group) is 1. The number of ether oxygens (including phenoxy) is 2. The first-order valence-corrected chi connectivity index (χ1v) is 16.6. The van der Waals surface area contributed by atoms with Crippen LogP contribution < -0.4 is 25.7 Å². The van der Waals surface area contributed by atoms with Gasteiger partial charge in [0.1, 0.15) is 17.2 Å². The van der Waals surface area contributed by atoms with Crippen LogP contribution >= 0.6 is 11.6 Å². The number of nitrogens with one attached hydrogen (secondary N) is 3. The van der Waals surface area contributed by atoms with Crippen LogP contribution in [0.4, 0.5) is 10.5 Å². The molecule has 0 aliphatic heterocycles. The van der Waals surface area contributed by atoms with Crippen molar-refractivity contribution in [2.24, 2.45) is 0 Å². The predicted molar refractivity (Wildman–Crippen MR) is 196 cm³/mol. The largest absolute Gasteiger partial charge is 0.506 e. The molecule has 0 saturated carbocycles. The number of aliphatic hydroxyl groups is 1. The number of phenolic OH excluding ortho intramolecular Hbond substituents is 1. The maximum Gasteiger partial charge on any atom is 0.409 e. The lowest BCUT2D eigenvalue weighted by Gasteiger charge is -2.19. The number of H-pyrrole nitrogens is 1. The summed E-state index contributed by atoms with van der Waals surface area (Å²) in [5.74, 6) is 0.415. The molecule has 2 amide bonds. The van der Waals surface area contributed by atoms with Gasteiger partial charge in [-0.2, -0.15) is 0 Å². The Kier molecular flexibility index (Phi) is 12.2. The number of aliphatic hydroxyl groups excluding tert-OH is 1. The van der Waals surface area contributed by atoms with Crippen LogP contribution in [0.15, 0.2) is 89.7 Å². The second kappa shape index (κ2) is 16.9. The zero-order valence-electron chi connectivity index (χ0n) is 28.1. The van der Waals surface area contributed by atoms with Crippen molar-refractivity contribution < 1.29 is 34.4 Å². The number of aromatic hydroxyl groups is 1. The molecule has 0 aliphatic carbocycles. The number of phenols is 1. The Morgan fingerprint density at radius 3 is 2.53 bits per heavy atom. The van der Waals surface area contributed by atoms with Crippen molar-refractivity contribution >= 4 is 40.2 Å². The number of amides is 2. The summed E-state index contributed by atoms with van der Waals surface area (Å²) in [4.78, 5) is 40.2. The molecule has 266 valence electrons. The fraction of sp³-hybridized carbons (Fsp3) is 0.237. The van der Waals surface area contributed by atoms with E-state index in [2.05, 4.69) is 15.6 Å². The molecule has 1 aromatic heterocycles. The molecule has 0 radical (unpaired) electrons. The number of halogens is 1. The lowest BCUT2D eigenvalue weighted by molar-refractivity contribution is -0.132. The van der Waals surface area contributed by atoms with E-state index in [0.29, 0.717) is 47.3 Å². The summed E-state index contributed by atoms with van der Waals surface area (Å²) >= 11 is 6.52. The van der Waals surface area contributed by atoms with Crippen molar-refractivity contribution in [1.82, 2.24) is 15.2 Å². The number of methoxy groups -OCH3 is 1. The number of carboxylic acid groups (broad SMARTS) is 1. The molecule has 1 heterocycles.